The lowest BCUT2D eigenvalue weighted by molar-refractivity contribution is -0.136. The Morgan fingerprint density at radius 3 is 2.29 bits per heavy atom. The van der Waals surface area contributed by atoms with Crippen molar-refractivity contribution in [3.8, 4) is 0 Å². The minimum atomic E-state index is -3.69. The highest BCUT2D eigenvalue weighted by atomic mass is 32.2. The third-order valence-electron chi connectivity index (χ3n) is 4.01. The molecule has 0 aliphatic carbocycles. The number of hydrogen-bond acceptors (Lipinski definition) is 4. The van der Waals surface area contributed by atoms with Gasteiger partial charge >= 0.3 is 0 Å². The molecule has 2 amide bonds. The number of carbonyl (C=O) groups is 2. The van der Waals surface area contributed by atoms with Crippen molar-refractivity contribution in [2.24, 2.45) is 5.14 Å². The molecule has 0 radical (unpaired) electrons. The SMILES string of the molecule is NS(=O)(=O)c1ccc(CCNC(=O)CC(=O)N2CCCCC2)cc1. The zero-order valence-corrected chi connectivity index (χ0v) is 14.3. The lowest BCUT2D eigenvalue weighted by Crippen LogP contribution is -2.39. The van der Waals surface area contributed by atoms with Crippen LogP contribution in [-0.4, -0.2) is 44.8 Å². The molecule has 1 heterocycles. The lowest BCUT2D eigenvalue weighted by Gasteiger charge is -2.26. The number of hydrogen-bond donors (Lipinski definition) is 2. The van der Waals surface area contributed by atoms with E-state index in [0.29, 0.717) is 13.0 Å². The first-order valence-electron chi connectivity index (χ1n) is 8.02. The molecule has 1 saturated heterocycles. The van der Waals surface area contributed by atoms with E-state index in [1.165, 1.54) is 12.1 Å². The van der Waals surface area contributed by atoms with Gasteiger partial charge in [0.1, 0.15) is 6.42 Å². The molecule has 132 valence electrons. The van der Waals surface area contributed by atoms with E-state index in [0.717, 1.165) is 37.9 Å². The highest BCUT2D eigenvalue weighted by Crippen LogP contribution is 2.10. The van der Waals surface area contributed by atoms with Gasteiger partial charge in [0.25, 0.3) is 0 Å². The zero-order chi connectivity index (χ0) is 17.6. The van der Waals surface area contributed by atoms with Crippen LogP contribution in [0.5, 0.6) is 0 Å². The van der Waals surface area contributed by atoms with E-state index in [-0.39, 0.29) is 23.1 Å². The van der Waals surface area contributed by atoms with Gasteiger partial charge in [0.15, 0.2) is 0 Å². The second kappa shape index (κ2) is 8.25. The molecule has 1 aromatic rings. The average Bonchev–Trinajstić information content (AvgIpc) is 2.55. The van der Waals surface area contributed by atoms with Crippen molar-refractivity contribution in [1.29, 1.82) is 0 Å². The molecule has 2 rings (SSSR count). The summed E-state index contributed by atoms with van der Waals surface area (Å²) in [6.07, 6.45) is 3.57. The van der Waals surface area contributed by atoms with Crippen LogP contribution in [0.2, 0.25) is 0 Å². The summed E-state index contributed by atoms with van der Waals surface area (Å²) in [5.74, 6) is -0.406. The molecule has 0 spiro atoms. The Bertz CT molecular complexity index is 680. The largest absolute Gasteiger partial charge is 0.355 e. The highest BCUT2D eigenvalue weighted by molar-refractivity contribution is 7.89. The van der Waals surface area contributed by atoms with Crippen molar-refractivity contribution >= 4 is 21.8 Å². The molecule has 8 heteroatoms. The highest BCUT2D eigenvalue weighted by Gasteiger charge is 2.18. The third-order valence-corrected chi connectivity index (χ3v) is 4.94. The summed E-state index contributed by atoms with van der Waals surface area (Å²) in [6.45, 7) is 1.87. The number of amides is 2. The number of benzene rings is 1. The Labute approximate surface area is 142 Å². The molecule has 1 aliphatic heterocycles. The number of sulfonamides is 1. The second-order valence-electron chi connectivity index (χ2n) is 5.91. The summed E-state index contributed by atoms with van der Waals surface area (Å²) < 4.78 is 22.3. The minimum Gasteiger partial charge on any atom is -0.355 e. The molecule has 7 nitrogen and oxygen atoms in total. The zero-order valence-electron chi connectivity index (χ0n) is 13.5. The van der Waals surface area contributed by atoms with Crippen LogP contribution < -0.4 is 10.5 Å². The number of nitrogens with two attached hydrogens (primary N) is 1. The lowest BCUT2D eigenvalue weighted by atomic mass is 10.1. The molecular weight excluding hydrogens is 330 g/mol. The molecule has 24 heavy (non-hydrogen) atoms. The predicted molar refractivity (Wildman–Crippen MR) is 89.6 cm³/mol. The molecule has 0 aromatic heterocycles. The predicted octanol–water partition coefficient (Wildman–Crippen LogP) is 0.395. The number of nitrogens with zero attached hydrogens (tertiary/aromatic N) is 1. The molecule has 1 aromatic carbocycles. The van der Waals surface area contributed by atoms with Gasteiger partial charge in [0, 0.05) is 19.6 Å². The van der Waals surface area contributed by atoms with E-state index in [9.17, 15) is 18.0 Å². The van der Waals surface area contributed by atoms with Crippen LogP contribution in [0.4, 0.5) is 0 Å². The fourth-order valence-corrected chi connectivity index (χ4v) is 3.16. The molecule has 0 saturated carbocycles. The summed E-state index contributed by atoms with van der Waals surface area (Å²) in [6, 6.07) is 6.19. The van der Waals surface area contributed by atoms with Crippen LogP contribution in [-0.2, 0) is 26.0 Å². The van der Waals surface area contributed by atoms with Crippen LogP contribution in [0.25, 0.3) is 0 Å². The molecule has 3 N–H and O–H groups in total. The number of likely N-dealkylation sites (tertiary alicyclic amines) is 1. The van der Waals surface area contributed by atoms with Crippen molar-refractivity contribution < 1.29 is 18.0 Å². The van der Waals surface area contributed by atoms with Crippen LogP contribution in [0, 0.1) is 0 Å². The van der Waals surface area contributed by atoms with Crippen molar-refractivity contribution in [2.45, 2.75) is 37.0 Å². The summed E-state index contributed by atoms with van der Waals surface area (Å²) in [4.78, 5) is 25.6. The Balaban J connectivity index is 1.73. The molecule has 1 fully saturated rings. The average molecular weight is 353 g/mol. The number of primary sulfonamides is 1. The van der Waals surface area contributed by atoms with Gasteiger partial charge in [0.05, 0.1) is 4.90 Å². The molecule has 0 atom stereocenters. The van der Waals surface area contributed by atoms with E-state index in [2.05, 4.69) is 5.32 Å². The van der Waals surface area contributed by atoms with Gasteiger partial charge in [-0.1, -0.05) is 12.1 Å². The van der Waals surface area contributed by atoms with E-state index >= 15 is 0 Å². The summed E-state index contributed by atoms with van der Waals surface area (Å²) in [7, 11) is -3.69. The minimum absolute atomic E-state index is 0.0578. The summed E-state index contributed by atoms with van der Waals surface area (Å²) >= 11 is 0. The van der Waals surface area contributed by atoms with Gasteiger partial charge in [-0.2, -0.15) is 0 Å². The summed E-state index contributed by atoms with van der Waals surface area (Å²) in [5, 5.41) is 7.75. The number of piperidine rings is 1. The van der Waals surface area contributed by atoms with Gasteiger partial charge in [0.2, 0.25) is 21.8 Å². The fourth-order valence-electron chi connectivity index (χ4n) is 2.65. The van der Waals surface area contributed by atoms with Gasteiger partial charge in [-0.15, -0.1) is 0 Å². The smallest absolute Gasteiger partial charge is 0.238 e. The van der Waals surface area contributed by atoms with E-state index in [4.69, 9.17) is 5.14 Å². The maximum Gasteiger partial charge on any atom is 0.238 e. The van der Waals surface area contributed by atoms with Gasteiger partial charge in [-0.05, 0) is 43.4 Å². The maximum absolute atomic E-state index is 12.0. The topological polar surface area (TPSA) is 110 Å². The molecule has 0 bridgehead atoms. The normalized spacial score (nSPS) is 15.1. The Morgan fingerprint density at radius 1 is 1.08 bits per heavy atom. The monoisotopic (exact) mass is 353 g/mol. The van der Waals surface area contributed by atoms with Gasteiger partial charge in [-0.25, -0.2) is 13.6 Å². The molecular formula is C16H23N3O4S. The van der Waals surface area contributed by atoms with E-state index < -0.39 is 10.0 Å². The fraction of sp³-hybridized carbons (Fsp3) is 0.500. The first-order chi connectivity index (χ1) is 11.4. The maximum atomic E-state index is 12.0. The Hall–Kier alpha value is -1.93. The van der Waals surface area contributed by atoms with E-state index in [1.54, 1.807) is 17.0 Å². The first-order valence-corrected chi connectivity index (χ1v) is 9.57. The van der Waals surface area contributed by atoms with E-state index in [1.807, 2.05) is 0 Å². The van der Waals surface area contributed by atoms with Crippen molar-refractivity contribution in [3.05, 3.63) is 29.8 Å². The van der Waals surface area contributed by atoms with Crippen LogP contribution in [0.15, 0.2) is 29.2 Å². The van der Waals surface area contributed by atoms with Crippen molar-refractivity contribution in [3.63, 3.8) is 0 Å². The number of rotatable bonds is 6. The molecule has 0 unspecified atom stereocenters. The van der Waals surface area contributed by atoms with Crippen LogP contribution in [0.3, 0.4) is 0 Å². The third kappa shape index (κ3) is 5.61. The first kappa shape index (κ1) is 18.4. The summed E-state index contributed by atoms with van der Waals surface area (Å²) in [5.41, 5.74) is 0.880. The van der Waals surface area contributed by atoms with Crippen molar-refractivity contribution in [1.82, 2.24) is 10.2 Å². The quantitative estimate of drug-likeness (QED) is 0.721. The Morgan fingerprint density at radius 2 is 1.71 bits per heavy atom. The van der Waals surface area contributed by atoms with Crippen molar-refractivity contribution in [2.75, 3.05) is 19.6 Å². The second-order valence-corrected chi connectivity index (χ2v) is 7.47. The standard InChI is InChI=1S/C16H23N3O4S/c17-24(22,23)14-6-4-13(5-7-14)8-9-18-15(20)12-16(21)19-10-2-1-3-11-19/h4-7H,1-3,8-12H2,(H,18,20)(H2,17,22,23). The Kier molecular flexibility index (Phi) is 6.33. The number of nitrogens with one attached hydrogen (secondary N) is 1. The van der Waals surface area contributed by atoms with Gasteiger partial charge < -0.3 is 10.2 Å². The van der Waals surface area contributed by atoms with Crippen LogP contribution in [0.1, 0.15) is 31.2 Å². The molecule has 1 aliphatic rings. The van der Waals surface area contributed by atoms with Crippen LogP contribution >= 0.6 is 0 Å². The van der Waals surface area contributed by atoms with Gasteiger partial charge in [-0.3, -0.25) is 9.59 Å². The number of carbonyl (C=O) groups excluding carboxylic acids is 2.